The van der Waals surface area contributed by atoms with Crippen LogP contribution in [0.5, 0.6) is 5.75 Å². The van der Waals surface area contributed by atoms with E-state index >= 15 is 0 Å². The lowest BCUT2D eigenvalue weighted by Gasteiger charge is -2.38. The van der Waals surface area contributed by atoms with Crippen molar-refractivity contribution < 1.29 is 9.47 Å². The van der Waals surface area contributed by atoms with E-state index < -0.39 is 0 Å². The third-order valence-electron chi connectivity index (χ3n) is 3.02. The van der Waals surface area contributed by atoms with Gasteiger partial charge in [-0.25, -0.2) is 0 Å². The first-order valence-electron chi connectivity index (χ1n) is 6.82. The molecule has 1 aromatic rings. The first-order valence-corrected chi connectivity index (χ1v) is 7.70. The summed E-state index contributed by atoms with van der Waals surface area (Å²) in [4.78, 5) is 3.63. The Morgan fingerprint density at radius 1 is 1.37 bits per heavy atom. The minimum atomic E-state index is 0.330. The van der Waals surface area contributed by atoms with E-state index in [-0.39, 0.29) is 0 Å². The molecule has 0 unspecified atom stereocenters. The largest absolute Gasteiger partial charge is 0.488 e. The predicted molar refractivity (Wildman–Crippen MR) is 80.2 cm³/mol. The molecule has 4 heteroatoms. The zero-order valence-electron chi connectivity index (χ0n) is 12.0. The van der Waals surface area contributed by atoms with Gasteiger partial charge in [-0.15, -0.1) is 11.8 Å². The number of likely N-dealkylation sites (tertiary alicyclic amines) is 1. The van der Waals surface area contributed by atoms with Crippen molar-refractivity contribution in [2.75, 3.05) is 33.4 Å². The smallest absolute Gasteiger partial charge is 0.124 e. The lowest BCUT2D eigenvalue weighted by Crippen LogP contribution is -2.54. The fourth-order valence-corrected chi connectivity index (χ4v) is 2.97. The topological polar surface area (TPSA) is 21.7 Å². The van der Waals surface area contributed by atoms with Crippen LogP contribution in [0.15, 0.2) is 29.2 Å². The maximum atomic E-state index is 5.99. The fourth-order valence-electron chi connectivity index (χ4n) is 2.09. The van der Waals surface area contributed by atoms with Gasteiger partial charge in [-0.2, -0.15) is 0 Å². The second-order valence-corrected chi connectivity index (χ2v) is 6.78. The van der Waals surface area contributed by atoms with E-state index in [1.54, 1.807) is 7.11 Å². The van der Waals surface area contributed by atoms with E-state index in [0.29, 0.717) is 11.4 Å². The Hall–Kier alpha value is -0.710. The lowest BCUT2D eigenvalue weighted by atomic mass is 10.1. The number of methoxy groups -OCH3 is 1. The first kappa shape index (κ1) is 14.7. The molecule has 1 heterocycles. The van der Waals surface area contributed by atoms with Gasteiger partial charge in [0, 0.05) is 36.9 Å². The average molecular weight is 281 g/mol. The van der Waals surface area contributed by atoms with E-state index in [1.165, 1.54) is 4.90 Å². The van der Waals surface area contributed by atoms with Gasteiger partial charge in [0.2, 0.25) is 0 Å². The Labute approximate surface area is 120 Å². The Balaban J connectivity index is 1.78. The van der Waals surface area contributed by atoms with Crippen molar-refractivity contribution in [3.05, 3.63) is 24.3 Å². The normalized spacial score (nSPS) is 16.6. The number of benzene rings is 1. The molecule has 1 aromatic carbocycles. The summed E-state index contributed by atoms with van der Waals surface area (Å²) in [5.41, 5.74) is 0. The van der Waals surface area contributed by atoms with Gasteiger partial charge in [-0.1, -0.05) is 19.9 Å². The number of hydrogen-bond donors (Lipinski definition) is 0. The van der Waals surface area contributed by atoms with E-state index in [9.17, 15) is 0 Å². The molecule has 0 atom stereocenters. The third-order valence-corrected chi connectivity index (χ3v) is 4.01. The molecule has 3 nitrogen and oxygen atoms in total. The second kappa shape index (κ2) is 7.17. The summed E-state index contributed by atoms with van der Waals surface area (Å²) in [5.74, 6) is 0.988. The number of hydrogen-bond acceptors (Lipinski definition) is 4. The van der Waals surface area contributed by atoms with Gasteiger partial charge in [0.25, 0.3) is 0 Å². The van der Waals surface area contributed by atoms with Crippen LogP contribution in [0.2, 0.25) is 0 Å². The summed E-state index contributed by atoms with van der Waals surface area (Å²) in [6.07, 6.45) is 0.330. The van der Waals surface area contributed by atoms with E-state index in [0.717, 1.165) is 32.0 Å². The summed E-state index contributed by atoms with van der Waals surface area (Å²) in [5, 5.41) is 0.600. The Morgan fingerprint density at radius 3 is 2.84 bits per heavy atom. The van der Waals surface area contributed by atoms with Gasteiger partial charge in [0.05, 0.1) is 6.61 Å². The van der Waals surface area contributed by atoms with E-state index in [2.05, 4.69) is 36.9 Å². The zero-order valence-corrected chi connectivity index (χ0v) is 12.8. The van der Waals surface area contributed by atoms with Crippen LogP contribution in [0.25, 0.3) is 0 Å². The quantitative estimate of drug-likeness (QED) is 0.716. The molecule has 0 spiro atoms. The molecular formula is C15H23NO2S. The van der Waals surface area contributed by atoms with Crippen molar-refractivity contribution in [1.82, 2.24) is 4.90 Å². The highest BCUT2D eigenvalue weighted by Crippen LogP contribution is 2.27. The molecule has 106 valence electrons. The van der Waals surface area contributed by atoms with Crippen LogP contribution in [0, 0.1) is 0 Å². The monoisotopic (exact) mass is 281 g/mol. The lowest BCUT2D eigenvalue weighted by molar-refractivity contribution is 0.00563. The predicted octanol–water partition coefficient (Wildman–Crippen LogP) is 2.90. The molecular weight excluding hydrogens is 258 g/mol. The molecule has 2 rings (SSSR count). The molecule has 0 amide bonds. The standard InChI is InChI=1S/C15H23NO2S/c1-12(2)19-15-6-4-5-13(9-15)18-14-10-16(11-14)7-8-17-3/h4-6,9,12,14H,7-8,10-11H2,1-3H3. The van der Waals surface area contributed by atoms with Gasteiger partial charge in [-0.05, 0) is 18.2 Å². The number of nitrogens with zero attached hydrogens (tertiary/aromatic N) is 1. The molecule has 19 heavy (non-hydrogen) atoms. The van der Waals surface area contributed by atoms with Crippen molar-refractivity contribution in [3.63, 3.8) is 0 Å². The molecule has 0 bridgehead atoms. The van der Waals surface area contributed by atoms with Crippen LogP contribution in [0.4, 0.5) is 0 Å². The molecule has 0 aromatic heterocycles. The minimum absolute atomic E-state index is 0.330. The van der Waals surface area contributed by atoms with Gasteiger partial charge in [0.15, 0.2) is 0 Å². The van der Waals surface area contributed by atoms with Crippen LogP contribution in [-0.4, -0.2) is 49.6 Å². The van der Waals surface area contributed by atoms with Crippen molar-refractivity contribution in [1.29, 1.82) is 0 Å². The van der Waals surface area contributed by atoms with Gasteiger partial charge >= 0.3 is 0 Å². The van der Waals surface area contributed by atoms with Crippen molar-refractivity contribution >= 4 is 11.8 Å². The zero-order chi connectivity index (χ0) is 13.7. The fraction of sp³-hybridized carbons (Fsp3) is 0.600. The molecule has 0 saturated carbocycles. The van der Waals surface area contributed by atoms with E-state index in [4.69, 9.17) is 9.47 Å². The average Bonchev–Trinajstić information content (AvgIpc) is 2.31. The molecule has 1 aliphatic rings. The Bertz CT molecular complexity index is 391. The van der Waals surface area contributed by atoms with Gasteiger partial charge < -0.3 is 9.47 Å². The molecule has 1 saturated heterocycles. The summed E-state index contributed by atoms with van der Waals surface area (Å²) >= 11 is 1.87. The number of rotatable bonds is 7. The highest BCUT2D eigenvalue weighted by Gasteiger charge is 2.27. The van der Waals surface area contributed by atoms with Crippen LogP contribution in [0.1, 0.15) is 13.8 Å². The number of thioether (sulfide) groups is 1. The minimum Gasteiger partial charge on any atom is -0.488 e. The van der Waals surface area contributed by atoms with Crippen LogP contribution in [-0.2, 0) is 4.74 Å². The van der Waals surface area contributed by atoms with Crippen molar-refractivity contribution in [3.8, 4) is 5.75 Å². The van der Waals surface area contributed by atoms with Crippen LogP contribution >= 0.6 is 11.8 Å². The molecule has 0 radical (unpaired) electrons. The third kappa shape index (κ3) is 4.71. The molecule has 1 fully saturated rings. The van der Waals surface area contributed by atoms with Gasteiger partial charge in [-0.3, -0.25) is 4.90 Å². The summed E-state index contributed by atoms with van der Waals surface area (Å²) in [6, 6.07) is 8.40. The summed E-state index contributed by atoms with van der Waals surface area (Å²) < 4.78 is 11.1. The van der Waals surface area contributed by atoms with Crippen molar-refractivity contribution in [2.24, 2.45) is 0 Å². The second-order valence-electron chi connectivity index (χ2n) is 5.13. The first-order chi connectivity index (χ1) is 9.17. The highest BCUT2D eigenvalue weighted by molar-refractivity contribution is 7.99. The highest BCUT2D eigenvalue weighted by atomic mass is 32.2. The van der Waals surface area contributed by atoms with E-state index in [1.807, 2.05) is 17.8 Å². The maximum Gasteiger partial charge on any atom is 0.124 e. The number of ether oxygens (including phenoxy) is 2. The summed E-state index contributed by atoms with van der Waals surface area (Å²) in [7, 11) is 1.74. The molecule has 1 aliphatic heterocycles. The van der Waals surface area contributed by atoms with Crippen LogP contribution < -0.4 is 4.74 Å². The molecule has 0 aliphatic carbocycles. The van der Waals surface area contributed by atoms with Crippen LogP contribution in [0.3, 0.4) is 0 Å². The van der Waals surface area contributed by atoms with Crippen molar-refractivity contribution in [2.45, 2.75) is 30.1 Å². The maximum absolute atomic E-state index is 5.99. The SMILES string of the molecule is COCCN1CC(Oc2cccc(SC(C)C)c2)C1. The Kier molecular flexibility index (Phi) is 5.55. The van der Waals surface area contributed by atoms with Gasteiger partial charge in [0.1, 0.15) is 11.9 Å². The summed E-state index contributed by atoms with van der Waals surface area (Å²) in [6.45, 7) is 8.22. The Morgan fingerprint density at radius 2 is 2.16 bits per heavy atom. The molecule has 0 N–H and O–H groups in total.